The molecule has 1 fully saturated rings. The molecule has 2 unspecified atom stereocenters. The summed E-state index contributed by atoms with van der Waals surface area (Å²) in [7, 11) is 5.82. The van der Waals surface area contributed by atoms with Crippen LogP contribution in [0.2, 0.25) is 0 Å². The van der Waals surface area contributed by atoms with Crippen molar-refractivity contribution in [1.29, 1.82) is 0 Å². The lowest BCUT2D eigenvalue weighted by Gasteiger charge is -2.13. The van der Waals surface area contributed by atoms with Crippen molar-refractivity contribution in [2.75, 3.05) is 0 Å². The lowest BCUT2D eigenvalue weighted by molar-refractivity contribution is 0.0717. The summed E-state index contributed by atoms with van der Waals surface area (Å²) >= 11 is 3.44. The topological polar surface area (TPSA) is 9.23 Å². The van der Waals surface area contributed by atoms with Gasteiger partial charge in [0.15, 0.2) is 0 Å². The Hall–Kier alpha value is -0.275. The molecule has 2 aliphatic rings. The first-order valence-electron chi connectivity index (χ1n) is 4.50. The maximum Gasteiger partial charge on any atom is 0.115 e. The summed E-state index contributed by atoms with van der Waals surface area (Å²) in [4.78, 5) is 0. The van der Waals surface area contributed by atoms with Crippen LogP contribution in [0.25, 0.3) is 0 Å². The van der Waals surface area contributed by atoms with Crippen molar-refractivity contribution in [2.45, 2.75) is 25.0 Å². The van der Waals surface area contributed by atoms with Gasteiger partial charge in [-0.3, -0.25) is 0 Å². The van der Waals surface area contributed by atoms with E-state index in [4.69, 9.17) is 12.6 Å². The Morgan fingerprint density at radius 1 is 1.23 bits per heavy atom. The molecule has 0 N–H and O–H groups in total. The van der Waals surface area contributed by atoms with E-state index in [0.717, 1.165) is 22.8 Å². The molecule has 2 radical (unpaired) electrons. The van der Waals surface area contributed by atoms with Gasteiger partial charge in [-0.25, -0.2) is 0 Å². The van der Waals surface area contributed by atoms with Gasteiger partial charge in [0.2, 0.25) is 0 Å². The second kappa shape index (κ2) is 2.61. The third-order valence-electron chi connectivity index (χ3n) is 2.92. The summed E-state index contributed by atoms with van der Waals surface area (Å²) in [6.07, 6.45) is 2.96. The minimum Gasteiger partial charge on any atom is -0.366 e. The van der Waals surface area contributed by atoms with E-state index in [1.54, 1.807) is 0 Å². The van der Waals surface area contributed by atoms with E-state index in [9.17, 15) is 0 Å². The number of hydrogen-bond acceptors (Lipinski definition) is 1. The van der Waals surface area contributed by atoms with Gasteiger partial charge in [0.05, 0.1) is 12.2 Å². The molecule has 3 rings (SSSR count). The fourth-order valence-electron chi connectivity index (χ4n) is 2.28. The number of benzene rings is 1. The van der Waals surface area contributed by atoms with Gasteiger partial charge in [-0.05, 0) is 30.0 Å². The lowest BCUT2D eigenvalue weighted by Crippen LogP contribution is -2.09. The smallest absolute Gasteiger partial charge is 0.115 e. The van der Waals surface area contributed by atoms with Gasteiger partial charge < -0.3 is 4.74 Å². The van der Waals surface area contributed by atoms with Crippen LogP contribution in [0.15, 0.2) is 16.6 Å². The predicted molar refractivity (Wildman–Crippen MR) is 55.3 cm³/mol. The quantitative estimate of drug-likeness (QED) is 0.626. The molecule has 2 atom stereocenters. The Morgan fingerprint density at radius 2 is 1.85 bits per heavy atom. The fraction of sp³-hybridized carbons (Fsp3) is 0.400. The summed E-state index contributed by atoms with van der Waals surface area (Å²) < 4.78 is 6.76. The monoisotopic (exact) mass is 234 g/mol. The first kappa shape index (κ1) is 8.07. The average Bonchev–Trinajstić information content (AvgIpc) is 2.67. The first-order chi connectivity index (χ1) is 6.25. The van der Waals surface area contributed by atoms with Crippen molar-refractivity contribution in [3.8, 4) is 0 Å². The van der Waals surface area contributed by atoms with Crippen molar-refractivity contribution >= 4 is 29.2 Å². The molecule has 3 heteroatoms. The molecule has 1 nitrogen and oxygen atoms in total. The molecule has 64 valence electrons. The van der Waals surface area contributed by atoms with Crippen LogP contribution in [0.4, 0.5) is 0 Å². The molecule has 1 aromatic rings. The third kappa shape index (κ3) is 1.04. The summed E-state index contributed by atoms with van der Waals surface area (Å²) in [5.41, 5.74) is 3.45. The zero-order chi connectivity index (χ0) is 9.00. The Balaban J connectivity index is 2.22. The van der Waals surface area contributed by atoms with Crippen LogP contribution in [-0.4, -0.2) is 7.85 Å². The molecule has 0 aromatic heterocycles. The third-order valence-corrected chi connectivity index (χ3v) is 3.60. The van der Waals surface area contributed by atoms with Crippen molar-refractivity contribution in [3.63, 3.8) is 0 Å². The van der Waals surface area contributed by atoms with Gasteiger partial charge >= 0.3 is 0 Å². The van der Waals surface area contributed by atoms with Crippen molar-refractivity contribution in [3.05, 3.63) is 27.7 Å². The molecule has 0 spiro atoms. The molecular weight excluding hydrogens is 227 g/mol. The van der Waals surface area contributed by atoms with Crippen molar-refractivity contribution in [1.82, 2.24) is 0 Å². The zero-order valence-corrected chi connectivity index (χ0v) is 8.67. The number of hydrogen-bond donors (Lipinski definition) is 0. The summed E-state index contributed by atoms with van der Waals surface area (Å²) in [5, 5.41) is 0. The van der Waals surface area contributed by atoms with E-state index in [-0.39, 0.29) is 0 Å². The summed E-state index contributed by atoms with van der Waals surface area (Å²) in [5.74, 6) is 0. The molecule has 2 bridgehead atoms. The highest BCUT2D eigenvalue weighted by molar-refractivity contribution is 9.10. The van der Waals surface area contributed by atoms with Gasteiger partial charge in [0.1, 0.15) is 7.85 Å². The van der Waals surface area contributed by atoms with Gasteiger partial charge in [-0.2, -0.15) is 0 Å². The normalized spacial score (nSPS) is 29.3. The summed E-state index contributed by atoms with van der Waals surface area (Å²) in [6.45, 7) is 0. The molecule has 2 aliphatic heterocycles. The molecule has 0 saturated carbocycles. The highest BCUT2D eigenvalue weighted by atomic mass is 79.9. The van der Waals surface area contributed by atoms with E-state index < -0.39 is 0 Å². The van der Waals surface area contributed by atoms with Crippen LogP contribution in [0.1, 0.15) is 36.2 Å². The van der Waals surface area contributed by atoms with E-state index >= 15 is 0 Å². The van der Waals surface area contributed by atoms with Crippen molar-refractivity contribution in [2.24, 2.45) is 0 Å². The Kier molecular flexibility index (Phi) is 1.62. The second-order valence-corrected chi connectivity index (χ2v) is 4.55. The highest BCUT2D eigenvalue weighted by Crippen LogP contribution is 2.50. The largest absolute Gasteiger partial charge is 0.366 e. The molecule has 0 aliphatic carbocycles. The number of rotatable bonds is 0. The van der Waals surface area contributed by atoms with E-state index in [0.29, 0.717) is 12.2 Å². The molecule has 2 heterocycles. The molecule has 13 heavy (non-hydrogen) atoms. The SMILES string of the molecule is [B]c1cc2c(cc1Br)C1CCC2O1. The minimum absolute atomic E-state index is 0.315. The van der Waals surface area contributed by atoms with E-state index in [1.165, 1.54) is 11.1 Å². The minimum atomic E-state index is 0.315. The fourth-order valence-corrected chi connectivity index (χ4v) is 2.64. The highest BCUT2D eigenvalue weighted by Gasteiger charge is 2.37. The maximum absolute atomic E-state index is 5.82. The number of ether oxygens (including phenoxy) is 1. The van der Waals surface area contributed by atoms with Crippen molar-refractivity contribution < 1.29 is 4.74 Å². The van der Waals surface area contributed by atoms with Crippen LogP contribution in [-0.2, 0) is 4.74 Å². The van der Waals surface area contributed by atoms with Crippen LogP contribution >= 0.6 is 15.9 Å². The number of fused-ring (bicyclic) bond motifs is 5. The standard InChI is InChI=1S/C10H8BBrO/c11-7-3-5-6(4-8(7)12)10-2-1-9(5)13-10/h3-4,9-10H,1-2H2. The lowest BCUT2D eigenvalue weighted by atomic mass is 9.86. The maximum atomic E-state index is 5.82. The van der Waals surface area contributed by atoms with Gasteiger partial charge in [-0.1, -0.05) is 27.5 Å². The number of halogens is 1. The molecule has 1 aromatic carbocycles. The van der Waals surface area contributed by atoms with Crippen LogP contribution < -0.4 is 5.46 Å². The second-order valence-electron chi connectivity index (χ2n) is 3.69. The Morgan fingerprint density at radius 3 is 2.54 bits per heavy atom. The Labute approximate surface area is 87.0 Å². The molecule has 1 saturated heterocycles. The van der Waals surface area contributed by atoms with Crippen LogP contribution in [0.3, 0.4) is 0 Å². The van der Waals surface area contributed by atoms with Gasteiger partial charge in [-0.15, -0.1) is 0 Å². The summed E-state index contributed by atoms with van der Waals surface area (Å²) in [6, 6.07) is 4.15. The first-order valence-corrected chi connectivity index (χ1v) is 5.29. The van der Waals surface area contributed by atoms with E-state index in [2.05, 4.69) is 22.0 Å². The predicted octanol–water partition coefficient (Wildman–Crippen LogP) is 2.15. The zero-order valence-electron chi connectivity index (χ0n) is 7.09. The van der Waals surface area contributed by atoms with Gasteiger partial charge in [0.25, 0.3) is 0 Å². The van der Waals surface area contributed by atoms with Gasteiger partial charge in [0, 0.05) is 4.47 Å². The average molecular weight is 235 g/mol. The van der Waals surface area contributed by atoms with E-state index in [1.807, 2.05) is 6.07 Å². The van der Waals surface area contributed by atoms with Crippen LogP contribution in [0, 0.1) is 0 Å². The molecular formula is C10H8BBrO. The molecule has 0 amide bonds. The van der Waals surface area contributed by atoms with Crippen LogP contribution in [0.5, 0.6) is 0 Å². The Bertz CT molecular complexity index is 342.